The maximum Gasteiger partial charge on any atom is 0.503 e. The van der Waals surface area contributed by atoms with Crippen LogP contribution in [0.3, 0.4) is 0 Å². The number of nitro benzene ring substituents is 1. The lowest BCUT2D eigenvalue weighted by atomic mass is 9.84. The highest BCUT2D eigenvalue weighted by Gasteiger charge is 2.19. The van der Waals surface area contributed by atoms with Crippen LogP contribution >= 0.6 is 11.6 Å². The zero-order valence-corrected chi connectivity index (χ0v) is 11.5. The quantitative estimate of drug-likeness (QED) is 0.618. The topological polar surface area (TPSA) is 101 Å². The molecule has 110 valence electrons. The van der Waals surface area contributed by atoms with Gasteiger partial charge in [0.05, 0.1) is 4.92 Å². The molecule has 0 unspecified atom stereocenters. The van der Waals surface area contributed by atoms with Gasteiger partial charge in [-0.15, -0.1) is 0 Å². The molecule has 1 aromatic rings. The predicted molar refractivity (Wildman–Crippen MR) is 74.6 cm³/mol. The first-order valence-corrected chi connectivity index (χ1v) is 6.65. The van der Waals surface area contributed by atoms with E-state index in [1.54, 1.807) is 12.1 Å². The first-order chi connectivity index (χ1) is 9.41. The summed E-state index contributed by atoms with van der Waals surface area (Å²) in [5, 5.41) is 24.9. The zero-order chi connectivity index (χ0) is 15.1. The van der Waals surface area contributed by atoms with E-state index in [-0.39, 0.29) is 10.7 Å². The Kier molecular flexibility index (Phi) is 6.24. The molecular formula is C13H16ClNO5. The van der Waals surface area contributed by atoms with E-state index in [0.29, 0.717) is 5.92 Å². The van der Waals surface area contributed by atoms with Crippen LogP contribution in [0, 0.1) is 10.1 Å². The molecule has 0 radical (unpaired) electrons. The summed E-state index contributed by atoms with van der Waals surface area (Å²) >= 11 is 5.79. The van der Waals surface area contributed by atoms with Crippen LogP contribution in [-0.2, 0) is 0 Å². The van der Waals surface area contributed by atoms with Crippen LogP contribution < -0.4 is 0 Å². The Hall–Kier alpha value is -1.82. The van der Waals surface area contributed by atoms with E-state index >= 15 is 0 Å². The van der Waals surface area contributed by atoms with Crippen molar-refractivity contribution in [2.24, 2.45) is 0 Å². The highest BCUT2D eigenvalue weighted by Crippen LogP contribution is 2.35. The highest BCUT2D eigenvalue weighted by atomic mass is 35.5. The minimum atomic E-state index is -1.83. The molecule has 0 amide bonds. The summed E-state index contributed by atoms with van der Waals surface area (Å²) in [5.74, 6) is 0.477. The molecule has 1 aliphatic carbocycles. The van der Waals surface area contributed by atoms with Crippen LogP contribution in [0.25, 0.3) is 0 Å². The Morgan fingerprint density at radius 1 is 1.25 bits per heavy atom. The van der Waals surface area contributed by atoms with Crippen molar-refractivity contribution < 1.29 is 19.9 Å². The van der Waals surface area contributed by atoms with Crippen molar-refractivity contribution in [2.45, 2.75) is 38.0 Å². The molecule has 1 saturated carbocycles. The second-order valence-electron chi connectivity index (χ2n) is 4.59. The van der Waals surface area contributed by atoms with Crippen LogP contribution in [0.5, 0.6) is 0 Å². The van der Waals surface area contributed by atoms with Crippen LogP contribution in [0.15, 0.2) is 18.2 Å². The lowest BCUT2D eigenvalue weighted by Crippen LogP contribution is -2.05. The highest BCUT2D eigenvalue weighted by molar-refractivity contribution is 6.32. The van der Waals surface area contributed by atoms with Crippen molar-refractivity contribution in [1.82, 2.24) is 0 Å². The van der Waals surface area contributed by atoms with Gasteiger partial charge >= 0.3 is 6.16 Å². The van der Waals surface area contributed by atoms with Gasteiger partial charge in [-0.05, 0) is 30.4 Å². The molecule has 2 rings (SSSR count). The molecule has 1 aliphatic rings. The smallest absolute Gasteiger partial charge is 0.450 e. The maximum atomic E-state index is 10.8. The molecule has 0 aromatic heterocycles. The number of nitrogens with zero attached hydrogens (tertiary/aromatic N) is 1. The van der Waals surface area contributed by atoms with Gasteiger partial charge in [0.15, 0.2) is 0 Å². The summed E-state index contributed by atoms with van der Waals surface area (Å²) < 4.78 is 0. The van der Waals surface area contributed by atoms with Crippen LogP contribution in [-0.4, -0.2) is 21.3 Å². The second kappa shape index (κ2) is 7.69. The third kappa shape index (κ3) is 5.05. The van der Waals surface area contributed by atoms with E-state index in [2.05, 4.69) is 0 Å². The fourth-order valence-electron chi connectivity index (χ4n) is 2.36. The molecular weight excluding hydrogens is 286 g/mol. The Balaban J connectivity index is 0.000000444. The van der Waals surface area contributed by atoms with E-state index in [0.717, 1.165) is 18.4 Å². The van der Waals surface area contributed by atoms with Crippen molar-refractivity contribution in [2.75, 3.05) is 0 Å². The van der Waals surface area contributed by atoms with E-state index in [4.69, 9.17) is 26.6 Å². The molecule has 2 N–H and O–H groups in total. The molecule has 0 saturated heterocycles. The van der Waals surface area contributed by atoms with Crippen molar-refractivity contribution in [3.63, 3.8) is 0 Å². The summed E-state index contributed by atoms with van der Waals surface area (Å²) in [4.78, 5) is 18.9. The maximum absolute atomic E-state index is 10.8. The van der Waals surface area contributed by atoms with E-state index in [1.165, 1.54) is 19.3 Å². The zero-order valence-electron chi connectivity index (χ0n) is 10.8. The summed E-state index contributed by atoms with van der Waals surface area (Å²) in [7, 11) is 0. The van der Waals surface area contributed by atoms with Gasteiger partial charge < -0.3 is 10.2 Å². The van der Waals surface area contributed by atoms with Crippen molar-refractivity contribution >= 4 is 23.4 Å². The number of benzene rings is 1. The monoisotopic (exact) mass is 301 g/mol. The van der Waals surface area contributed by atoms with Gasteiger partial charge in [0, 0.05) is 6.07 Å². The predicted octanol–water partition coefficient (Wildman–Crippen LogP) is 4.52. The normalized spacial score (nSPS) is 15.1. The molecule has 7 heteroatoms. The fourth-order valence-corrected chi connectivity index (χ4v) is 2.55. The number of carbonyl (C=O) groups is 1. The third-order valence-electron chi connectivity index (χ3n) is 3.24. The molecule has 0 atom stereocenters. The minimum Gasteiger partial charge on any atom is -0.450 e. The van der Waals surface area contributed by atoms with E-state index < -0.39 is 11.1 Å². The molecule has 0 bridgehead atoms. The average molecular weight is 302 g/mol. The Labute approximate surface area is 121 Å². The number of halogens is 1. The summed E-state index contributed by atoms with van der Waals surface area (Å²) in [5.41, 5.74) is 1.10. The van der Waals surface area contributed by atoms with Crippen molar-refractivity contribution in [1.29, 1.82) is 0 Å². The summed E-state index contributed by atoms with van der Waals surface area (Å²) in [6, 6.07) is 5.20. The Morgan fingerprint density at radius 3 is 2.30 bits per heavy atom. The third-order valence-corrected chi connectivity index (χ3v) is 3.56. The van der Waals surface area contributed by atoms with Gasteiger partial charge in [0.1, 0.15) is 5.02 Å². The first kappa shape index (κ1) is 16.2. The molecule has 0 aliphatic heterocycles. The molecule has 0 heterocycles. The average Bonchev–Trinajstić information content (AvgIpc) is 2.39. The molecule has 6 nitrogen and oxygen atoms in total. The molecule has 20 heavy (non-hydrogen) atoms. The van der Waals surface area contributed by atoms with Gasteiger partial charge in [-0.25, -0.2) is 4.79 Å². The van der Waals surface area contributed by atoms with Gasteiger partial charge in [-0.2, -0.15) is 0 Å². The number of carboxylic acid groups (broad SMARTS) is 2. The fraction of sp³-hybridized carbons (Fsp3) is 0.462. The molecule has 1 fully saturated rings. The van der Waals surface area contributed by atoms with Gasteiger partial charge in [-0.1, -0.05) is 36.9 Å². The number of hydrogen-bond donors (Lipinski definition) is 2. The lowest BCUT2D eigenvalue weighted by molar-refractivity contribution is -0.384. The van der Waals surface area contributed by atoms with Crippen molar-refractivity contribution in [3.05, 3.63) is 38.9 Å². The second-order valence-corrected chi connectivity index (χ2v) is 4.99. The molecule has 1 aromatic carbocycles. The van der Waals surface area contributed by atoms with Crippen LogP contribution in [0.4, 0.5) is 10.5 Å². The number of rotatable bonds is 2. The van der Waals surface area contributed by atoms with Gasteiger partial charge in [0.25, 0.3) is 5.69 Å². The van der Waals surface area contributed by atoms with Gasteiger partial charge in [0.2, 0.25) is 0 Å². The van der Waals surface area contributed by atoms with E-state index in [1.807, 2.05) is 6.07 Å². The Morgan fingerprint density at radius 2 is 1.80 bits per heavy atom. The van der Waals surface area contributed by atoms with Crippen LogP contribution in [0.1, 0.15) is 43.6 Å². The summed E-state index contributed by atoms with van der Waals surface area (Å²) in [6.07, 6.45) is 4.17. The van der Waals surface area contributed by atoms with E-state index in [9.17, 15) is 10.1 Å². The molecule has 0 spiro atoms. The first-order valence-electron chi connectivity index (χ1n) is 6.27. The van der Waals surface area contributed by atoms with Gasteiger partial charge in [-0.3, -0.25) is 10.1 Å². The number of nitro groups is 1. The van der Waals surface area contributed by atoms with Crippen molar-refractivity contribution in [3.8, 4) is 0 Å². The van der Waals surface area contributed by atoms with Crippen LogP contribution in [0.2, 0.25) is 5.02 Å². The lowest BCUT2D eigenvalue weighted by Gasteiger charge is -2.21. The summed E-state index contributed by atoms with van der Waals surface area (Å²) in [6.45, 7) is 0. The minimum absolute atomic E-state index is 0.0322. The largest absolute Gasteiger partial charge is 0.503 e. The standard InChI is InChI=1S/C12H14ClNO2.CH2O3/c13-11-7-6-10(8-12(11)14(15)16)9-4-2-1-3-5-9;2-1(3)4/h6-9H,1-5H2;(H2,2,3,4). The SMILES string of the molecule is O=C(O)O.O=[N+]([O-])c1cc(C2CCCCC2)ccc1Cl. The Bertz CT molecular complexity index is 482. The number of hydrogen-bond acceptors (Lipinski definition) is 3.